The lowest BCUT2D eigenvalue weighted by molar-refractivity contribution is 0.0762. The number of carbonyl (C=O) groups excluding carboxylic acids is 1. The van der Waals surface area contributed by atoms with E-state index in [1.165, 1.54) is 27.7 Å². The van der Waals surface area contributed by atoms with Crippen LogP contribution < -0.4 is 14.2 Å². The van der Waals surface area contributed by atoms with Gasteiger partial charge in [-0.25, -0.2) is 0 Å². The summed E-state index contributed by atoms with van der Waals surface area (Å²) in [6, 6.07) is 9.91. The maximum Gasteiger partial charge on any atom is 0.254 e. The molecular weight excluding hydrogens is 368 g/mol. The van der Waals surface area contributed by atoms with Crippen molar-refractivity contribution in [3.63, 3.8) is 0 Å². The van der Waals surface area contributed by atoms with Gasteiger partial charge in [0.15, 0.2) is 11.5 Å². The number of aromatic amines is 1. The van der Waals surface area contributed by atoms with Gasteiger partial charge < -0.3 is 24.1 Å². The number of H-pyrrole nitrogens is 1. The number of ether oxygens (including phenoxy) is 3. The van der Waals surface area contributed by atoms with Crippen molar-refractivity contribution in [2.75, 3.05) is 34.4 Å². The topological polar surface area (TPSA) is 63.8 Å². The van der Waals surface area contributed by atoms with Crippen molar-refractivity contribution in [3.05, 3.63) is 52.7 Å². The Morgan fingerprint density at radius 2 is 1.66 bits per heavy atom. The molecule has 0 radical (unpaired) electrons. The van der Waals surface area contributed by atoms with E-state index in [1.807, 2.05) is 4.90 Å². The second-order valence-electron chi connectivity index (χ2n) is 7.34. The number of hydrogen-bond donors (Lipinski definition) is 1. The minimum atomic E-state index is -0.0325. The molecule has 0 unspecified atom stereocenters. The Labute approximate surface area is 170 Å². The molecule has 0 saturated heterocycles. The van der Waals surface area contributed by atoms with Crippen LogP contribution in [0.1, 0.15) is 27.2 Å². The highest BCUT2D eigenvalue weighted by molar-refractivity contribution is 5.96. The van der Waals surface area contributed by atoms with Crippen molar-refractivity contribution in [3.8, 4) is 17.2 Å². The third-order valence-corrected chi connectivity index (χ3v) is 5.61. The molecule has 0 saturated carbocycles. The molecule has 4 rings (SSSR count). The highest BCUT2D eigenvalue weighted by Crippen LogP contribution is 2.38. The van der Waals surface area contributed by atoms with Gasteiger partial charge in [-0.1, -0.05) is 11.6 Å². The Bertz CT molecular complexity index is 1050. The standard InChI is InChI=1S/C23H26N2O4/c1-14-5-6-18-17(11-14)16-7-9-25(10-8-19(16)24-18)23(26)15-12-20(27-2)22(29-4)21(13-15)28-3/h5-6,11-13,24H,7-10H2,1-4H3. The highest BCUT2D eigenvalue weighted by Gasteiger charge is 2.24. The molecule has 2 heterocycles. The molecule has 0 atom stereocenters. The molecule has 3 aromatic rings. The van der Waals surface area contributed by atoms with Gasteiger partial charge in [0, 0.05) is 41.7 Å². The minimum absolute atomic E-state index is 0.0325. The summed E-state index contributed by atoms with van der Waals surface area (Å²) in [5.41, 5.74) is 5.50. The van der Waals surface area contributed by atoms with E-state index in [1.54, 1.807) is 33.5 Å². The van der Waals surface area contributed by atoms with Crippen LogP contribution in [0.5, 0.6) is 17.2 Å². The number of nitrogens with one attached hydrogen (secondary N) is 1. The molecule has 1 amide bonds. The lowest BCUT2D eigenvalue weighted by Gasteiger charge is -2.22. The smallest absolute Gasteiger partial charge is 0.254 e. The van der Waals surface area contributed by atoms with Gasteiger partial charge in [-0.3, -0.25) is 4.79 Å². The van der Waals surface area contributed by atoms with Crippen molar-refractivity contribution in [2.45, 2.75) is 19.8 Å². The lowest BCUT2D eigenvalue weighted by atomic mass is 10.1. The Balaban J connectivity index is 1.61. The minimum Gasteiger partial charge on any atom is -0.493 e. The van der Waals surface area contributed by atoms with Crippen molar-refractivity contribution in [1.29, 1.82) is 0 Å². The second kappa shape index (κ2) is 7.70. The number of fused-ring (bicyclic) bond motifs is 3. The number of rotatable bonds is 4. The largest absolute Gasteiger partial charge is 0.493 e. The van der Waals surface area contributed by atoms with Crippen LogP contribution in [0.2, 0.25) is 0 Å². The first kappa shape index (κ1) is 19.2. The van der Waals surface area contributed by atoms with Gasteiger partial charge in [-0.05, 0) is 43.2 Å². The molecule has 1 aliphatic heterocycles. The maximum absolute atomic E-state index is 13.2. The molecule has 0 fully saturated rings. The molecule has 2 aromatic carbocycles. The summed E-state index contributed by atoms with van der Waals surface area (Å²) >= 11 is 0. The Morgan fingerprint density at radius 3 is 2.31 bits per heavy atom. The van der Waals surface area contributed by atoms with Crippen LogP contribution in [0, 0.1) is 6.92 Å². The fourth-order valence-corrected chi connectivity index (χ4v) is 4.11. The fraction of sp³-hybridized carbons (Fsp3) is 0.348. The van der Waals surface area contributed by atoms with Crippen molar-refractivity contribution < 1.29 is 19.0 Å². The van der Waals surface area contributed by atoms with Crippen molar-refractivity contribution in [2.24, 2.45) is 0 Å². The molecule has 6 nitrogen and oxygen atoms in total. The third kappa shape index (κ3) is 3.39. The van der Waals surface area contributed by atoms with Gasteiger partial charge in [0.25, 0.3) is 5.91 Å². The molecule has 29 heavy (non-hydrogen) atoms. The van der Waals surface area contributed by atoms with Gasteiger partial charge in [-0.15, -0.1) is 0 Å². The zero-order valence-corrected chi connectivity index (χ0v) is 17.3. The van der Waals surface area contributed by atoms with Crippen LogP contribution in [-0.4, -0.2) is 50.2 Å². The number of carbonyl (C=O) groups is 1. The predicted molar refractivity (Wildman–Crippen MR) is 112 cm³/mol. The first-order chi connectivity index (χ1) is 14.0. The highest BCUT2D eigenvalue weighted by atomic mass is 16.5. The van der Waals surface area contributed by atoms with E-state index in [0.29, 0.717) is 35.9 Å². The van der Waals surface area contributed by atoms with E-state index in [-0.39, 0.29) is 5.91 Å². The average Bonchev–Trinajstić information content (AvgIpc) is 2.94. The van der Waals surface area contributed by atoms with Gasteiger partial charge >= 0.3 is 0 Å². The summed E-state index contributed by atoms with van der Waals surface area (Å²) in [6.07, 6.45) is 1.63. The first-order valence-corrected chi connectivity index (χ1v) is 9.75. The van der Waals surface area contributed by atoms with E-state index in [2.05, 4.69) is 30.1 Å². The summed E-state index contributed by atoms with van der Waals surface area (Å²) in [6.45, 7) is 3.44. The van der Waals surface area contributed by atoms with Gasteiger partial charge in [0.2, 0.25) is 5.75 Å². The Morgan fingerprint density at radius 1 is 0.966 bits per heavy atom. The van der Waals surface area contributed by atoms with Crippen molar-refractivity contribution >= 4 is 16.8 Å². The van der Waals surface area contributed by atoms with Gasteiger partial charge in [0.05, 0.1) is 21.3 Å². The molecular formula is C23H26N2O4. The lowest BCUT2D eigenvalue weighted by Crippen LogP contribution is -2.33. The normalized spacial score (nSPS) is 13.7. The fourth-order valence-electron chi connectivity index (χ4n) is 4.11. The van der Waals surface area contributed by atoms with E-state index in [0.717, 1.165) is 12.8 Å². The molecule has 1 aliphatic rings. The molecule has 1 N–H and O–H groups in total. The van der Waals surface area contributed by atoms with Gasteiger partial charge in [-0.2, -0.15) is 0 Å². The molecule has 0 aliphatic carbocycles. The zero-order chi connectivity index (χ0) is 20.5. The maximum atomic E-state index is 13.2. The van der Waals surface area contributed by atoms with Crippen LogP contribution in [0.4, 0.5) is 0 Å². The average molecular weight is 394 g/mol. The van der Waals surface area contributed by atoms with Crippen LogP contribution >= 0.6 is 0 Å². The summed E-state index contributed by atoms with van der Waals surface area (Å²) in [5.74, 6) is 1.42. The Hall–Kier alpha value is -3.15. The molecule has 0 spiro atoms. The number of amides is 1. The molecule has 0 bridgehead atoms. The monoisotopic (exact) mass is 394 g/mol. The summed E-state index contributed by atoms with van der Waals surface area (Å²) in [4.78, 5) is 18.7. The van der Waals surface area contributed by atoms with Gasteiger partial charge in [0.1, 0.15) is 0 Å². The Kier molecular flexibility index (Phi) is 5.09. The third-order valence-electron chi connectivity index (χ3n) is 5.61. The molecule has 6 heteroatoms. The SMILES string of the molecule is COc1cc(C(=O)N2CCc3[nH]c4ccc(C)cc4c3CC2)cc(OC)c1OC. The predicted octanol–water partition coefficient (Wildman–Crippen LogP) is 3.74. The van der Waals surface area contributed by atoms with Crippen LogP contribution in [-0.2, 0) is 12.8 Å². The first-order valence-electron chi connectivity index (χ1n) is 9.75. The second-order valence-corrected chi connectivity index (χ2v) is 7.34. The van der Waals surface area contributed by atoms with Crippen molar-refractivity contribution in [1.82, 2.24) is 9.88 Å². The number of hydrogen-bond acceptors (Lipinski definition) is 4. The van der Waals surface area contributed by atoms with Crippen LogP contribution in [0.3, 0.4) is 0 Å². The summed E-state index contributed by atoms with van der Waals surface area (Å²) in [7, 11) is 4.66. The van der Waals surface area contributed by atoms with E-state index >= 15 is 0 Å². The molecule has 152 valence electrons. The number of methoxy groups -OCH3 is 3. The number of aryl methyl sites for hydroxylation is 1. The van der Waals surface area contributed by atoms with Crippen LogP contribution in [0.25, 0.3) is 10.9 Å². The number of benzene rings is 2. The number of nitrogens with zero attached hydrogens (tertiary/aromatic N) is 1. The van der Waals surface area contributed by atoms with E-state index < -0.39 is 0 Å². The van der Waals surface area contributed by atoms with E-state index in [9.17, 15) is 4.79 Å². The van der Waals surface area contributed by atoms with E-state index in [4.69, 9.17) is 14.2 Å². The quantitative estimate of drug-likeness (QED) is 0.732. The van der Waals surface area contributed by atoms with Crippen LogP contribution in [0.15, 0.2) is 30.3 Å². The molecule has 1 aromatic heterocycles. The number of aromatic nitrogens is 1. The zero-order valence-electron chi connectivity index (χ0n) is 17.3. The summed E-state index contributed by atoms with van der Waals surface area (Å²) < 4.78 is 16.2. The summed E-state index contributed by atoms with van der Waals surface area (Å²) in [5, 5.41) is 1.27.